The van der Waals surface area contributed by atoms with Gasteiger partial charge in [-0.15, -0.1) is 11.3 Å². The fourth-order valence-electron chi connectivity index (χ4n) is 2.06. The molecule has 0 saturated carbocycles. The topological polar surface area (TPSA) is 24.9 Å². The lowest BCUT2D eigenvalue weighted by Crippen LogP contribution is -2.05. The zero-order chi connectivity index (χ0) is 13.0. The average Bonchev–Trinajstić information content (AvgIpc) is 2.75. The maximum Gasteiger partial charge on any atom is 0.0975 e. The van der Waals surface area contributed by atoms with Gasteiger partial charge in [-0.05, 0) is 31.5 Å². The first-order valence-corrected chi connectivity index (χ1v) is 7.22. The summed E-state index contributed by atoms with van der Waals surface area (Å²) >= 11 is 1.84. The minimum atomic E-state index is 0.925. The lowest BCUT2D eigenvalue weighted by Gasteiger charge is -2.02. The smallest absolute Gasteiger partial charge is 0.0975 e. The number of thiazole rings is 1. The van der Waals surface area contributed by atoms with Crippen molar-refractivity contribution in [3.8, 4) is 0 Å². The number of hydrogen-bond acceptors (Lipinski definition) is 3. The van der Waals surface area contributed by atoms with Crippen molar-refractivity contribution in [1.29, 1.82) is 0 Å². The Morgan fingerprint density at radius 2 is 2.06 bits per heavy atom. The van der Waals surface area contributed by atoms with E-state index in [-0.39, 0.29) is 0 Å². The van der Waals surface area contributed by atoms with Crippen LogP contribution >= 0.6 is 11.3 Å². The summed E-state index contributed by atoms with van der Waals surface area (Å²) in [5.41, 5.74) is 3.98. The van der Waals surface area contributed by atoms with Crippen LogP contribution in [0.5, 0.6) is 0 Å². The van der Waals surface area contributed by atoms with Gasteiger partial charge in [0, 0.05) is 17.8 Å². The molecule has 1 aromatic heterocycles. The molecule has 0 fully saturated rings. The standard InChI is InChI=1S/C15H20N2S/c1-4-13-14(10-16-3)18-15(17-13)9-12-8-6-5-7-11(12)2/h5-8,16H,4,9-10H2,1-3H3. The predicted molar refractivity (Wildman–Crippen MR) is 78.2 cm³/mol. The molecule has 0 aliphatic heterocycles. The molecule has 1 heterocycles. The van der Waals surface area contributed by atoms with E-state index in [1.807, 2.05) is 18.4 Å². The van der Waals surface area contributed by atoms with Crippen LogP contribution in [0.15, 0.2) is 24.3 Å². The fraction of sp³-hybridized carbons (Fsp3) is 0.400. The van der Waals surface area contributed by atoms with Crippen LogP contribution in [-0.2, 0) is 19.4 Å². The number of nitrogens with zero attached hydrogens (tertiary/aromatic N) is 1. The summed E-state index contributed by atoms with van der Waals surface area (Å²) in [4.78, 5) is 6.14. The molecule has 1 N–H and O–H groups in total. The van der Waals surface area contributed by atoms with E-state index < -0.39 is 0 Å². The minimum Gasteiger partial charge on any atom is -0.315 e. The van der Waals surface area contributed by atoms with E-state index in [0.29, 0.717) is 0 Å². The van der Waals surface area contributed by atoms with Crippen molar-refractivity contribution in [2.24, 2.45) is 0 Å². The van der Waals surface area contributed by atoms with Crippen molar-refractivity contribution in [2.45, 2.75) is 33.2 Å². The number of benzene rings is 1. The summed E-state index contributed by atoms with van der Waals surface area (Å²) in [5.74, 6) is 0. The van der Waals surface area contributed by atoms with Crippen LogP contribution in [0.2, 0.25) is 0 Å². The van der Waals surface area contributed by atoms with Crippen molar-refractivity contribution in [3.05, 3.63) is 51.0 Å². The predicted octanol–water partition coefficient (Wildman–Crippen LogP) is 3.32. The molecule has 0 atom stereocenters. The molecular weight excluding hydrogens is 240 g/mol. The highest BCUT2D eigenvalue weighted by atomic mass is 32.1. The van der Waals surface area contributed by atoms with Gasteiger partial charge in [0.05, 0.1) is 10.7 Å². The quantitative estimate of drug-likeness (QED) is 0.892. The Balaban J connectivity index is 2.22. The van der Waals surface area contributed by atoms with Crippen molar-refractivity contribution in [1.82, 2.24) is 10.3 Å². The average molecular weight is 260 g/mol. The Labute approximate surface area is 113 Å². The van der Waals surface area contributed by atoms with Gasteiger partial charge in [0.25, 0.3) is 0 Å². The first kappa shape index (κ1) is 13.2. The molecule has 0 radical (unpaired) electrons. The monoisotopic (exact) mass is 260 g/mol. The van der Waals surface area contributed by atoms with E-state index in [1.165, 1.54) is 26.7 Å². The molecule has 0 unspecified atom stereocenters. The lowest BCUT2D eigenvalue weighted by atomic mass is 10.1. The van der Waals surface area contributed by atoms with Crippen molar-refractivity contribution >= 4 is 11.3 Å². The number of hydrogen-bond donors (Lipinski definition) is 1. The van der Waals surface area contributed by atoms with Crippen LogP contribution in [0.4, 0.5) is 0 Å². The Morgan fingerprint density at radius 3 is 2.72 bits per heavy atom. The van der Waals surface area contributed by atoms with Crippen molar-refractivity contribution in [2.75, 3.05) is 7.05 Å². The van der Waals surface area contributed by atoms with Gasteiger partial charge in [0.2, 0.25) is 0 Å². The third-order valence-corrected chi connectivity index (χ3v) is 4.20. The van der Waals surface area contributed by atoms with E-state index in [4.69, 9.17) is 4.98 Å². The van der Waals surface area contributed by atoms with Gasteiger partial charge < -0.3 is 5.32 Å². The summed E-state index contributed by atoms with van der Waals surface area (Å²) in [5, 5.41) is 4.45. The second-order valence-corrected chi connectivity index (χ2v) is 5.63. The minimum absolute atomic E-state index is 0.925. The Hall–Kier alpha value is -1.19. The maximum absolute atomic E-state index is 4.76. The second kappa shape index (κ2) is 6.12. The number of rotatable bonds is 5. The van der Waals surface area contributed by atoms with Crippen LogP contribution < -0.4 is 5.32 Å². The Bertz CT molecular complexity index is 517. The molecule has 2 nitrogen and oxygen atoms in total. The molecule has 2 rings (SSSR count). The van der Waals surface area contributed by atoms with Crippen LogP contribution in [0, 0.1) is 6.92 Å². The second-order valence-electron chi connectivity index (χ2n) is 4.46. The molecule has 0 aliphatic rings. The molecular formula is C15H20N2S. The molecule has 96 valence electrons. The highest BCUT2D eigenvalue weighted by molar-refractivity contribution is 7.11. The zero-order valence-corrected chi connectivity index (χ0v) is 12.1. The van der Waals surface area contributed by atoms with Crippen LogP contribution in [0.3, 0.4) is 0 Å². The lowest BCUT2D eigenvalue weighted by molar-refractivity contribution is 0.813. The van der Waals surface area contributed by atoms with Crippen molar-refractivity contribution in [3.63, 3.8) is 0 Å². The van der Waals surface area contributed by atoms with Crippen LogP contribution in [-0.4, -0.2) is 12.0 Å². The molecule has 0 amide bonds. The Kier molecular flexibility index (Phi) is 4.50. The largest absolute Gasteiger partial charge is 0.315 e. The fourth-order valence-corrected chi connectivity index (χ4v) is 3.25. The number of aryl methyl sites for hydroxylation is 2. The van der Waals surface area contributed by atoms with Gasteiger partial charge in [-0.1, -0.05) is 31.2 Å². The molecule has 0 bridgehead atoms. The molecule has 18 heavy (non-hydrogen) atoms. The third-order valence-electron chi connectivity index (χ3n) is 3.10. The molecule has 1 aromatic carbocycles. The van der Waals surface area contributed by atoms with Crippen molar-refractivity contribution < 1.29 is 0 Å². The molecule has 0 saturated heterocycles. The molecule has 3 heteroatoms. The van der Waals surface area contributed by atoms with Gasteiger partial charge >= 0.3 is 0 Å². The molecule has 0 aliphatic carbocycles. The van der Waals surface area contributed by atoms with Gasteiger partial charge in [-0.3, -0.25) is 0 Å². The highest BCUT2D eigenvalue weighted by Crippen LogP contribution is 2.22. The molecule has 0 spiro atoms. The molecule has 2 aromatic rings. The van der Waals surface area contributed by atoms with E-state index >= 15 is 0 Å². The SMILES string of the molecule is CCc1nc(Cc2ccccc2C)sc1CNC. The van der Waals surface area contributed by atoms with Gasteiger partial charge in [-0.2, -0.15) is 0 Å². The van der Waals surface area contributed by atoms with E-state index in [0.717, 1.165) is 19.4 Å². The normalized spacial score (nSPS) is 10.8. The number of aromatic nitrogens is 1. The van der Waals surface area contributed by atoms with E-state index in [9.17, 15) is 0 Å². The zero-order valence-electron chi connectivity index (χ0n) is 11.3. The van der Waals surface area contributed by atoms with E-state index in [1.54, 1.807) is 0 Å². The van der Waals surface area contributed by atoms with E-state index in [2.05, 4.69) is 43.4 Å². The summed E-state index contributed by atoms with van der Waals surface area (Å²) in [6.45, 7) is 5.26. The highest BCUT2D eigenvalue weighted by Gasteiger charge is 2.10. The Morgan fingerprint density at radius 1 is 1.28 bits per heavy atom. The van der Waals surface area contributed by atoms with Gasteiger partial charge in [0.15, 0.2) is 0 Å². The van der Waals surface area contributed by atoms with Crippen LogP contribution in [0.25, 0.3) is 0 Å². The summed E-state index contributed by atoms with van der Waals surface area (Å²) in [6.07, 6.45) is 1.97. The number of nitrogens with one attached hydrogen (secondary N) is 1. The summed E-state index contributed by atoms with van der Waals surface area (Å²) < 4.78 is 0. The van der Waals surface area contributed by atoms with Gasteiger partial charge in [-0.25, -0.2) is 4.98 Å². The summed E-state index contributed by atoms with van der Waals surface area (Å²) in [7, 11) is 1.99. The van der Waals surface area contributed by atoms with Crippen LogP contribution in [0.1, 0.15) is 33.6 Å². The first-order chi connectivity index (χ1) is 8.74. The maximum atomic E-state index is 4.76. The third kappa shape index (κ3) is 2.98. The van der Waals surface area contributed by atoms with Gasteiger partial charge in [0.1, 0.15) is 0 Å². The first-order valence-electron chi connectivity index (χ1n) is 6.41. The summed E-state index contributed by atoms with van der Waals surface area (Å²) in [6, 6.07) is 8.55.